The molecule has 15 heavy (non-hydrogen) atoms. The number of hydrogen-bond donors (Lipinski definition) is 3. The van der Waals surface area contributed by atoms with Gasteiger partial charge in [-0.2, -0.15) is 0 Å². The molecule has 0 aliphatic rings. The molecule has 5 nitrogen and oxygen atoms in total. The number of carbonyl (C=O) groups excluding carboxylic acids is 2. The molecule has 0 saturated carbocycles. The topological polar surface area (TPSA) is 82.2 Å². The van der Waals surface area contributed by atoms with Crippen molar-refractivity contribution in [2.45, 2.75) is 0 Å². The summed E-state index contributed by atoms with van der Waals surface area (Å²) in [4.78, 5) is 23.7. The summed E-state index contributed by atoms with van der Waals surface area (Å²) in [5.74, 6) is -0.744. The van der Waals surface area contributed by atoms with Crippen LogP contribution in [-0.2, 0) is 9.59 Å². The molecule has 0 bridgehead atoms. The van der Waals surface area contributed by atoms with E-state index in [2.05, 4.69) is 10.3 Å². The Morgan fingerprint density at radius 3 is 2.80 bits per heavy atom. The summed E-state index contributed by atoms with van der Waals surface area (Å²) in [5, 5.41) is 12.5. The number of aromatic hydroxyl groups is 1. The molecule has 1 aromatic heterocycles. The Hall–Kier alpha value is -2.30. The van der Waals surface area contributed by atoms with Crippen LogP contribution in [0.15, 0.2) is 24.3 Å². The van der Waals surface area contributed by atoms with Gasteiger partial charge in [-0.25, -0.2) is 0 Å². The average molecular weight is 204 g/mol. The number of para-hydroxylation sites is 1. The van der Waals surface area contributed by atoms with E-state index in [0.717, 1.165) is 0 Å². The number of rotatable bonds is 2. The number of anilines is 1. The first-order chi connectivity index (χ1) is 7.22. The Labute approximate surface area is 84.7 Å². The van der Waals surface area contributed by atoms with Crippen molar-refractivity contribution in [1.82, 2.24) is 4.98 Å². The van der Waals surface area contributed by atoms with Gasteiger partial charge in [0, 0.05) is 5.39 Å². The van der Waals surface area contributed by atoms with Crippen LogP contribution in [0.25, 0.3) is 10.9 Å². The Balaban J connectivity index is 2.48. The smallest absolute Gasteiger partial charge is 0.289 e. The maximum Gasteiger partial charge on any atom is 0.289 e. The van der Waals surface area contributed by atoms with Crippen LogP contribution >= 0.6 is 0 Å². The van der Waals surface area contributed by atoms with Gasteiger partial charge in [-0.05, 0) is 12.1 Å². The number of hydrogen-bond acceptors (Lipinski definition) is 3. The van der Waals surface area contributed by atoms with Crippen LogP contribution < -0.4 is 5.32 Å². The number of carbonyl (C=O) groups is 2. The number of benzene rings is 1. The molecule has 5 heteroatoms. The van der Waals surface area contributed by atoms with E-state index in [1.807, 2.05) is 0 Å². The van der Waals surface area contributed by atoms with Crippen molar-refractivity contribution in [3.63, 3.8) is 0 Å². The number of aromatic nitrogens is 1. The van der Waals surface area contributed by atoms with Gasteiger partial charge in [0.2, 0.25) is 6.29 Å². The summed E-state index contributed by atoms with van der Waals surface area (Å²) in [7, 11) is 0. The molecule has 0 aliphatic heterocycles. The maximum atomic E-state index is 10.8. The van der Waals surface area contributed by atoms with Gasteiger partial charge in [0.1, 0.15) is 0 Å². The predicted molar refractivity (Wildman–Crippen MR) is 54.7 cm³/mol. The first-order valence-corrected chi connectivity index (χ1v) is 4.28. The zero-order valence-corrected chi connectivity index (χ0v) is 7.65. The first-order valence-electron chi connectivity index (χ1n) is 4.28. The van der Waals surface area contributed by atoms with E-state index >= 15 is 0 Å². The average Bonchev–Trinajstić information content (AvgIpc) is 2.57. The zero-order chi connectivity index (χ0) is 10.8. The Kier molecular flexibility index (Phi) is 2.13. The number of amides is 1. The predicted octanol–water partition coefficient (Wildman–Crippen LogP) is 1.01. The fourth-order valence-corrected chi connectivity index (χ4v) is 1.37. The van der Waals surface area contributed by atoms with E-state index in [-0.39, 0.29) is 17.9 Å². The summed E-state index contributed by atoms with van der Waals surface area (Å²) >= 11 is 0. The Morgan fingerprint density at radius 2 is 2.13 bits per heavy atom. The molecule has 0 unspecified atom stereocenters. The lowest BCUT2D eigenvalue weighted by atomic mass is 10.2. The van der Waals surface area contributed by atoms with Crippen molar-refractivity contribution >= 4 is 28.9 Å². The quantitative estimate of drug-likeness (QED) is 0.504. The van der Waals surface area contributed by atoms with Crippen LogP contribution in [0, 0.1) is 0 Å². The van der Waals surface area contributed by atoms with Gasteiger partial charge in [0.15, 0.2) is 11.6 Å². The Bertz CT molecular complexity index is 530. The lowest BCUT2D eigenvalue weighted by Crippen LogP contribution is -2.12. The first kappa shape index (κ1) is 9.26. The molecule has 0 spiro atoms. The molecular weight excluding hydrogens is 196 g/mol. The second-order valence-electron chi connectivity index (χ2n) is 3.00. The van der Waals surface area contributed by atoms with E-state index < -0.39 is 5.91 Å². The molecule has 2 rings (SSSR count). The minimum absolute atomic E-state index is 0.0687. The molecule has 0 fully saturated rings. The molecule has 0 radical (unpaired) electrons. The minimum atomic E-state index is -0.808. The highest BCUT2D eigenvalue weighted by molar-refractivity contribution is 6.29. The van der Waals surface area contributed by atoms with Crippen LogP contribution in [0.2, 0.25) is 0 Å². The maximum absolute atomic E-state index is 10.8. The van der Waals surface area contributed by atoms with Gasteiger partial charge in [-0.15, -0.1) is 0 Å². The third kappa shape index (κ3) is 1.54. The van der Waals surface area contributed by atoms with Gasteiger partial charge < -0.3 is 15.4 Å². The fraction of sp³-hybridized carbons (Fsp3) is 0. The summed E-state index contributed by atoms with van der Waals surface area (Å²) in [6.45, 7) is 0. The van der Waals surface area contributed by atoms with E-state index in [4.69, 9.17) is 0 Å². The second-order valence-corrected chi connectivity index (χ2v) is 3.00. The van der Waals surface area contributed by atoms with Crippen LogP contribution in [0.1, 0.15) is 0 Å². The monoisotopic (exact) mass is 204 g/mol. The van der Waals surface area contributed by atoms with Crippen molar-refractivity contribution in [1.29, 1.82) is 0 Å². The van der Waals surface area contributed by atoms with Crippen molar-refractivity contribution in [2.75, 3.05) is 5.32 Å². The van der Waals surface area contributed by atoms with Crippen molar-refractivity contribution in [3.05, 3.63) is 24.3 Å². The van der Waals surface area contributed by atoms with Gasteiger partial charge in [-0.1, -0.05) is 12.1 Å². The van der Waals surface area contributed by atoms with Crippen LogP contribution in [0.3, 0.4) is 0 Å². The molecular formula is C10H8N2O3. The molecule has 2 aromatic rings. The number of fused-ring (bicyclic) bond motifs is 1. The third-order valence-corrected chi connectivity index (χ3v) is 2.03. The molecule has 76 valence electrons. The van der Waals surface area contributed by atoms with E-state index in [1.165, 1.54) is 0 Å². The summed E-state index contributed by atoms with van der Waals surface area (Å²) in [6, 6.07) is 7.02. The molecule has 1 amide bonds. The van der Waals surface area contributed by atoms with Crippen LogP contribution in [0.5, 0.6) is 5.75 Å². The second kappa shape index (κ2) is 3.45. The molecule has 1 aromatic carbocycles. The highest BCUT2D eigenvalue weighted by Gasteiger charge is 2.11. The lowest BCUT2D eigenvalue weighted by molar-refractivity contribution is -0.127. The Morgan fingerprint density at radius 1 is 1.40 bits per heavy atom. The highest BCUT2D eigenvalue weighted by Crippen LogP contribution is 2.32. The SMILES string of the molecule is O=CC(=O)Nc1[nH]c2ccccc2c1O. The zero-order valence-electron chi connectivity index (χ0n) is 7.65. The number of nitrogens with one attached hydrogen (secondary N) is 2. The minimum Gasteiger partial charge on any atom is -0.504 e. The van der Waals surface area contributed by atoms with Crippen molar-refractivity contribution in [2.24, 2.45) is 0 Å². The van der Waals surface area contributed by atoms with E-state index in [1.54, 1.807) is 24.3 Å². The summed E-state index contributed by atoms with van der Waals surface area (Å²) in [5.41, 5.74) is 0.691. The van der Waals surface area contributed by atoms with Gasteiger partial charge in [0.25, 0.3) is 5.91 Å². The highest BCUT2D eigenvalue weighted by atomic mass is 16.3. The van der Waals surface area contributed by atoms with Crippen LogP contribution in [0.4, 0.5) is 5.82 Å². The summed E-state index contributed by atoms with van der Waals surface area (Å²) in [6.07, 6.45) is 0.144. The molecule has 0 atom stereocenters. The van der Waals surface area contributed by atoms with Gasteiger partial charge in [0.05, 0.1) is 5.52 Å². The van der Waals surface area contributed by atoms with Crippen molar-refractivity contribution in [3.8, 4) is 5.75 Å². The van der Waals surface area contributed by atoms with Crippen LogP contribution in [-0.4, -0.2) is 22.3 Å². The third-order valence-electron chi connectivity index (χ3n) is 2.03. The molecule has 0 saturated heterocycles. The standard InChI is InChI=1S/C10H8N2O3/c13-5-8(14)12-10-9(15)6-3-1-2-4-7(6)11-10/h1-5,11,15H,(H,12,14). The van der Waals surface area contributed by atoms with Gasteiger partial charge in [-0.3, -0.25) is 9.59 Å². The lowest BCUT2D eigenvalue weighted by Gasteiger charge is -1.96. The number of aldehydes is 1. The normalized spacial score (nSPS) is 10.1. The summed E-state index contributed by atoms with van der Waals surface area (Å²) < 4.78 is 0. The largest absolute Gasteiger partial charge is 0.504 e. The van der Waals surface area contributed by atoms with Gasteiger partial charge >= 0.3 is 0 Å². The van der Waals surface area contributed by atoms with E-state index in [0.29, 0.717) is 10.9 Å². The molecule has 3 N–H and O–H groups in total. The number of H-pyrrole nitrogens is 1. The molecule has 1 heterocycles. The van der Waals surface area contributed by atoms with Crippen molar-refractivity contribution < 1.29 is 14.7 Å². The van der Waals surface area contributed by atoms with E-state index in [9.17, 15) is 14.7 Å². The fourth-order valence-electron chi connectivity index (χ4n) is 1.37. The number of aromatic amines is 1. The molecule has 0 aliphatic carbocycles.